The van der Waals surface area contributed by atoms with Crippen molar-refractivity contribution in [1.82, 2.24) is 10.6 Å². The third kappa shape index (κ3) is 7.22. The van der Waals surface area contributed by atoms with Crippen LogP contribution < -0.4 is 10.6 Å². The highest BCUT2D eigenvalue weighted by Crippen LogP contribution is 2.22. The normalized spacial score (nSPS) is 12.1. The maximum atomic E-state index is 11.8. The van der Waals surface area contributed by atoms with Gasteiger partial charge in [-0.15, -0.1) is 0 Å². The van der Waals surface area contributed by atoms with Crippen molar-refractivity contribution >= 4 is 46.1 Å². The zero-order valence-electron chi connectivity index (χ0n) is 14.2. The standard InChI is InChI=1S/C16H26N2O2S2/c1-7-15(3,4)13(21)14(22)17-11(19)9-10-12(20)18-16(5,6)8-2/h9-10H,7-8H2,1-6H3,(H,18,20)(H,17,19,22)/b10-9+. The number of nitrogens with one attached hydrogen (secondary N) is 2. The van der Waals surface area contributed by atoms with Crippen LogP contribution in [0.25, 0.3) is 0 Å². The minimum atomic E-state index is -0.455. The molecule has 2 N–H and O–H groups in total. The van der Waals surface area contributed by atoms with Crippen LogP contribution in [0.4, 0.5) is 0 Å². The number of thiocarbonyl (C=S) groups is 2. The lowest BCUT2D eigenvalue weighted by atomic mass is 9.86. The molecule has 0 fully saturated rings. The lowest BCUT2D eigenvalue weighted by Gasteiger charge is -2.24. The molecule has 0 aromatic carbocycles. The van der Waals surface area contributed by atoms with Crippen molar-refractivity contribution in [2.24, 2.45) is 5.41 Å². The summed E-state index contributed by atoms with van der Waals surface area (Å²) in [5.41, 5.74) is -0.550. The van der Waals surface area contributed by atoms with Gasteiger partial charge in [0.25, 0.3) is 0 Å². The predicted octanol–water partition coefficient (Wildman–Crippen LogP) is 3.10. The van der Waals surface area contributed by atoms with Gasteiger partial charge in [0.2, 0.25) is 11.8 Å². The summed E-state index contributed by atoms with van der Waals surface area (Å²) in [7, 11) is 0. The first-order chi connectivity index (χ1) is 9.95. The molecular formula is C16H26N2O2S2. The minimum Gasteiger partial charge on any atom is -0.348 e. The molecule has 0 radical (unpaired) electrons. The highest BCUT2D eigenvalue weighted by molar-refractivity contribution is 7.89. The van der Waals surface area contributed by atoms with Gasteiger partial charge in [-0.3, -0.25) is 9.59 Å². The molecule has 0 saturated heterocycles. The van der Waals surface area contributed by atoms with Crippen LogP contribution in [-0.4, -0.2) is 27.2 Å². The second kappa shape index (κ2) is 8.48. The zero-order chi connectivity index (χ0) is 17.6. The second-order valence-corrected chi connectivity index (χ2v) is 7.26. The molecule has 6 heteroatoms. The topological polar surface area (TPSA) is 58.2 Å². The van der Waals surface area contributed by atoms with E-state index < -0.39 is 5.91 Å². The van der Waals surface area contributed by atoms with E-state index in [-0.39, 0.29) is 21.8 Å². The smallest absolute Gasteiger partial charge is 0.249 e. The molecule has 0 aromatic rings. The summed E-state index contributed by atoms with van der Waals surface area (Å²) >= 11 is 10.4. The maximum Gasteiger partial charge on any atom is 0.249 e. The van der Waals surface area contributed by atoms with Gasteiger partial charge in [0.15, 0.2) is 0 Å². The van der Waals surface area contributed by atoms with E-state index in [9.17, 15) is 9.59 Å². The van der Waals surface area contributed by atoms with Gasteiger partial charge >= 0.3 is 0 Å². The number of carbonyl (C=O) groups is 2. The van der Waals surface area contributed by atoms with E-state index in [1.807, 2.05) is 41.5 Å². The Morgan fingerprint density at radius 2 is 1.45 bits per heavy atom. The summed E-state index contributed by atoms with van der Waals surface area (Å²) in [6.07, 6.45) is 3.98. The van der Waals surface area contributed by atoms with Crippen molar-refractivity contribution in [3.8, 4) is 0 Å². The fraction of sp³-hybridized carbons (Fsp3) is 0.625. The number of hydrogen-bond donors (Lipinski definition) is 2. The van der Waals surface area contributed by atoms with Gasteiger partial charge in [-0.05, 0) is 26.7 Å². The Kier molecular flexibility index (Phi) is 8.04. The van der Waals surface area contributed by atoms with Gasteiger partial charge in [0.1, 0.15) is 4.99 Å². The quantitative estimate of drug-likeness (QED) is 0.551. The molecule has 0 spiro atoms. The average Bonchev–Trinajstić information content (AvgIpc) is 2.43. The molecular weight excluding hydrogens is 316 g/mol. The van der Waals surface area contributed by atoms with Crippen molar-refractivity contribution in [2.75, 3.05) is 0 Å². The van der Waals surface area contributed by atoms with Crippen molar-refractivity contribution in [2.45, 2.75) is 59.9 Å². The second-order valence-electron chi connectivity index (χ2n) is 6.44. The molecule has 0 aliphatic carbocycles. The summed E-state index contributed by atoms with van der Waals surface area (Å²) in [5, 5.41) is 5.34. The van der Waals surface area contributed by atoms with Gasteiger partial charge in [-0.2, -0.15) is 0 Å². The molecule has 0 aliphatic heterocycles. The van der Waals surface area contributed by atoms with Crippen LogP contribution in [0.5, 0.6) is 0 Å². The highest BCUT2D eigenvalue weighted by atomic mass is 32.1. The first kappa shape index (κ1) is 20.9. The summed E-state index contributed by atoms with van der Waals surface area (Å²) < 4.78 is 0. The predicted molar refractivity (Wildman–Crippen MR) is 99.1 cm³/mol. The monoisotopic (exact) mass is 342 g/mol. The van der Waals surface area contributed by atoms with Crippen molar-refractivity contribution in [3.05, 3.63) is 12.2 Å². The van der Waals surface area contributed by atoms with Gasteiger partial charge < -0.3 is 10.6 Å². The van der Waals surface area contributed by atoms with Crippen LogP contribution in [0.15, 0.2) is 12.2 Å². The Bertz CT molecular complexity index is 494. The molecule has 0 aliphatic rings. The molecule has 0 atom stereocenters. The third-order valence-corrected chi connectivity index (χ3v) is 4.87. The van der Waals surface area contributed by atoms with E-state index in [1.54, 1.807) is 0 Å². The summed E-state index contributed by atoms with van der Waals surface area (Å²) in [6, 6.07) is 0. The molecule has 0 bridgehead atoms. The van der Waals surface area contributed by atoms with E-state index >= 15 is 0 Å². The van der Waals surface area contributed by atoms with Gasteiger partial charge in [0, 0.05) is 23.1 Å². The maximum absolute atomic E-state index is 11.8. The number of rotatable bonds is 7. The number of carbonyl (C=O) groups excluding carboxylic acids is 2. The highest BCUT2D eigenvalue weighted by Gasteiger charge is 2.25. The Morgan fingerprint density at radius 1 is 0.955 bits per heavy atom. The van der Waals surface area contributed by atoms with Crippen LogP contribution in [0, 0.1) is 5.41 Å². The van der Waals surface area contributed by atoms with Gasteiger partial charge in [-0.1, -0.05) is 52.1 Å². The molecule has 0 aromatic heterocycles. The summed E-state index contributed by atoms with van der Waals surface area (Å²) in [6.45, 7) is 11.8. The first-order valence-electron chi connectivity index (χ1n) is 7.35. The SMILES string of the molecule is CCC(C)(C)NC(=O)/C=C/C(=O)NC(=S)C(=S)C(C)(C)CC. The minimum absolute atomic E-state index is 0.241. The first-order valence-corrected chi connectivity index (χ1v) is 8.16. The van der Waals surface area contributed by atoms with E-state index in [4.69, 9.17) is 24.4 Å². The molecule has 2 amide bonds. The van der Waals surface area contributed by atoms with Crippen molar-refractivity contribution < 1.29 is 9.59 Å². The molecule has 124 valence electrons. The lowest BCUT2D eigenvalue weighted by Crippen LogP contribution is -2.42. The molecule has 0 heterocycles. The van der Waals surface area contributed by atoms with E-state index in [2.05, 4.69) is 10.6 Å². The van der Waals surface area contributed by atoms with Crippen LogP contribution in [0.1, 0.15) is 54.4 Å². The average molecular weight is 343 g/mol. The number of hydrogen-bond acceptors (Lipinski definition) is 4. The Morgan fingerprint density at radius 3 is 1.91 bits per heavy atom. The van der Waals surface area contributed by atoms with E-state index in [1.165, 1.54) is 6.08 Å². The van der Waals surface area contributed by atoms with Gasteiger partial charge in [0.05, 0.1) is 4.86 Å². The largest absolute Gasteiger partial charge is 0.348 e. The van der Waals surface area contributed by atoms with Gasteiger partial charge in [-0.25, -0.2) is 0 Å². The fourth-order valence-electron chi connectivity index (χ4n) is 1.29. The molecule has 22 heavy (non-hydrogen) atoms. The fourth-order valence-corrected chi connectivity index (χ4v) is 1.87. The van der Waals surface area contributed by atoms with Crippen molar-refractivity contribution in [1.29, 1.82) is 0 Å². The zero-order valence-corrected chi connectivity index (χ0v) is 15.8. The van der Waals surface area contributed by atoms with Crippen LogP contribution >= 0.6 is 24.4 Å². The number of amides is 2. The van der Waals surface area contributed by atoms with Crippen LogP contribution in [0.2, 0.25) is 0 Å². The Balaban J connectivity index is 4.58. The third-order valence-electron chi connectivity index (χ3n) is 3.67. The molecule has 4 nitrogen and oxygen atoms in total. The summed E-state index contributed by atoms with van der Waals surface area (Å²) in [5.74, 6) is -0.770. The molecule has 0 saturated carbocycles. The van der Waals surface area contributed by atoms with Crippen LogP contribution in [0.3, 0.4) is 0 Å². The molecule has 0 unspecified atom stereocenters. The Hall–Kier alpha value is -1.14. The van der Waals surface area contributed by atoms with Crippen LogP contribution in [-0.2, 0) is 9.59 Å². The summed E-state index contributed by atoms with van der Waals surface area (Å²) in [4.78, 5) is 24.3. The lowest BCUT2D eigenvalue weighted by molar-refractivity contribution is -0.119. The van der Waals surface area contributed by atoms with Crippen molar-refractivity contribution in [3.63, 3.8) is 0 Å². The molecule has 0 rings (SSSR count). The van der Waals surface area contributed by atoms with E-state index in [0.29, 0.717) is 4.86 Å². The van der Waals surface area contributed by atoms with E-state index in [0.717, 1.165) is 18.9 Å². The Labute approximate surface area is 144 Å².